The number of aliphatic imine (C=N–C) groups is 1. The molecule has 6 heteroatoms. The summed E-state index contributed by atoms with van der Waals surface area (Å²) in [4.78, 5) is 14.4. The molecule has 0 saturated carbocycles. The molecule has 0 radical (unpaired) electrons. The minimum Gasteiger partial charge on any atom is -0.481 e. The Morgan fingerprint density at radius 2 is 2.43 bits per heavy atom. The lowest BCUT2D eigenvalue weighted by Gasteiger charge is -2.30. The summed E-state index contributed by atoms with van der Waals surface area (Å²) in [5.41, 5.74) is -0.971. The van der Waals surface area contributed by atoms with Gasteiger partial charge in [0, 0.05) is 11.8 Å². The van der Waals surface area contributed by atoms with Crippen molar-refractivity contribution in [1.82, 2.24) is 5.32 Å². The van der Waals surface area contributed by atoms with Gasteiger partial charge in [0.05, 0.1) is 6.42 Å². The van der Waals surface area contributed by atoms with Crippen LogP contribution in [0.2, 0.25) is 0 Å². The molecule has 1 heterocycles. The summed E-state index contributed by atoms with van der Waals surface area (Å²) in [5, 5.41) is 21.7. The first-order chi connectivity index (χ1) is 6.45. The highest BCUT2D eigenvalue weighted by Gasteiger charge is 2.30. The van der Waals surface area contributed by atoms with Crippen LogP contribution in [0.5, 0.6) is 0 Å². The van der Waals surface area contributed by atoms with Gasteiger partial charge in [0.25, 0.3) is 0 Å². The first kappa shape index (κ1) is 11.1. The van der Waals surface area contributed by atoms with Gasteiger partial charge in [-0.25, -0.2) is 4.99 Å². The highest BCUT2D eigenvalue weighted by molar-refractivity contribution is 8.13. The van der Waals surface area contributed by atoms with Crippen molar-refractivity contribution >= 4 is 22.9 Å². The van der Waals surface area contributed by atoms with Gasteiger partial charge in [-0.3, -0.25) is 4.79 Å². The molecule has 1 atom stereocenters. The summed E-state index contributed by atoms with van der Waals surface area (Å²) < 4.78 is 0. The molecular weight excluding hydrogens is 204 g/mol. The molecule has 0 bridgehead atoms. The number of rotatable bonds is 2. The maximum atomic E-state index is 10.5. The molecule has 0 aliphatic carbocycles. The lowest BCUT2D eigenvalue weighted by molar-refractivity contribution is -0.136. The summed E-state index contributed by atoms with van der Waals surface area (Å²) in [6.45, 7) is 1.51. The number of amidine groups is 1. The summed E-state index contributed by atoms with van der Waals surface area (Å²) in [7, 11) is 0. The van der Waals surface area contributed by atoms with Gasteiger partial charge in [-0.2, -0.15) is 0 Å². The first-order valence-electron chi connectivity index (χ1n) is 3.99. The summed E-state index contributed by atoms with van der Waals surface area (Å²) in [5.74, 6) is -0.985. The van der Waals surface area contributed by atoms with Crippen LogP contribution in [0.15, 0.2) is 16.8 Å². The van der Waals surface area contributed by atoms with Gasteiger partial charge < -0.3 is 15.5 Å². The predicted molar refractivity (Wildman–Crippen MR) is 55.0 cm³/mol. The molecule has 0 spiro atoms. The van der Waals surface area contributed by atoms with Crippen molar-refractivity contribution in [2.75, 3.05) is 6.26 Å². The third-order valence-corrected chi connectivity index (χ3v) is 2.44. The maximum Gasteiger partial charge on any atom is 0.307 e. The van der Waals surface area contributed by atoms with E-state index in [0.29, 0.717) is 10.7 Å². The number of aliphatic hydroxyl groups is 1. The zero-order chi connectivity index (χ0) is 10.8. The van der Waals surface area contributed by atoms with Crippen LogP contribution in [-0.4, -0.2) is 33.3 Å². The Hall–Kier alpha value is -1.01. The zero-order valence-corrected chi connectivity index (χ0v) is 8.76. The predicted octanol–water partition coefficient (Wildman–Crippen LogP) is 0.376. The Bertz CT molecular complexity index is 310. The van der Waals surface area contributed by atoms with Crippen molar-refractivity contribution in [2.24, 2.45) is 4.99 Å². The molecule has 1 aliphatic rings. The molecule has 1 aliphatic heterocycles. The van der Waals surface area contributed by atoms with Crippen molar-refractivity contribution in [2.45, 2.75) is 19.1 Å². The van der Waals surface area contributed by atoms with Crippen LogP contribution in [-0.2, 0) is 4.79 Å². The number of thioether (sulfide) groups is 1. The third kappa shape index (κ3) is 2.49. The molecule has 1 rings (SSSR count). The fraction of sp³-hybridized carbons (Fsp3) is 0.500. The Kier molecular flexibility index (Phi) is 3.17. The fourth-order valence-corrected chi connectivity index (χ4v) is 1.53. The molecule has 1 unspecified atom stereocenters. The van der Waals surface area contributed by atoms with Gasteiger partial charge in [0.15, 0.2) is 10.9 Å². The highest BCUT2D eigenvalue weighted by Crippen LogP contribution is 2.22. The standard InChI is InChI=1S/C8H12N2O3S/c1-8(13)5(3-6(11)12)4-9-7(10-8)14-2/h4,13H,3H2,1-2H3,(H,9,10)(H,11,12). The van der Waals surface area contributed by atoms with Crippen LogP contribution >= 0.6 is 11.8 Å². The third-order valence-electron chi connectivity index (χ3n) is 1.85. The summed E-state index contributed by atoms with van der Waals surface area (Å²) in [6.07, 6.45) is 3.00. The largest absolute Gasteiger partial charge is 0.481 e. The molecule has 0 aromatic rings. The number of carboxylic acids is 1. The van der Waals surface area contributed by atoms with Crippen molar-refractivity contribution in [3.8, 4) is 0 Å². The van der Waals surface area contributed by atoms with Gasteiger partial charge in [-0.05, 0) is 13.2 Å². The van der Waals surface area contributed by atoms with E-state index in [0.717, 1.165) is 0 Å². The van der Waals surface area contributed by atoms with Crippen LogP contribution < -0.4 is 5.32 Å². The minimum atomic E-state index is -1.32. The van der Waals surface area contributed by atoms with E-state index in [1.165, 1.54) is 24.9 Å². The van der Waals surface area contributed by atoms with E-state index in [1.807, 2.05) is 6.26 Å². The number of aliphatic carboxylic acids is 1. The second kappa shape index (κ2) is 4.02. The number of nitrogens with zero attached hydrogens (tertiary/aromatic N) is 1. The Balaban J connectivity index is 2.86. The smallest absolute Gasteiger partial charge is 0.307 e. The van der Waals surface area contributed by atoms with E-state index in [1.54, 1.807) is 0 Å². The quantitative estimate of drug-likeness (QED) is 0.621. The molecule has 14 heavy (non-hydrogen) atoms. The lowest BCUT2D eigenvalue weighted by atomic mass is 10.0. The minimum absolute atomic E-state index is 0.217. The molecule has 0 fully saturated rings. The van der Waals surface area contributed by atoms with Gasteiger partial charge in [0.1, 0.15) is 0 Å². The number of hydrogen-bond acceptors (Lipinski definition) is 5. The fourth-order valence-electron chi connectivity index (χ4n) is 1.07. The van der Waals surface area contributed by atoms with Gasteiger partial charge >= 0.3 is 5.97 Å². The Labute approximate surface area is 85.9 Å². The molecule has 5 nitrogen and oxygen atoms in total. The van der Waals surface area contributed by atoms with Crippen molar-refractivity contribution in [3.05, 3.63) is 11.8 Å². The maximum absolute atomic E-state index is 10.5. The number of carboxylic acid groups (broad SMARTS) is 1. The number of carbonyl (C=O) groups is 1. The summed E-state index contributed by atoms with van der Waals surface area (Å²) >= 11 is 1.36. The molecule has 3 N–H and O–H groups in total. The molecular formula is C8H12N2O3S. The van der Waals surface area contributed by atoms with Gasteiger partial charge in [0.2, 0.25) is 0 Å². The van der Waals surface area contributed by atoms with Crippen molar-refractivity contribution < 1.29 is 15.0 Å². The lowest BCUT2D eigenvalue weighted by Crippen LogP contribution is -2.48. The van der Waals surface area contributed by atoms with Crippen LogP contribution in [0.3, 0.4) is 0 Å². The monoisotopic (exact) mass is 216 g/mol. The SMILES string of the molecule is CSC1=NC=C(CC(=O)O)C(C)(O)N1. The Morgan fingerprint density at radius 3 is 2.86 bits per heavy atom. The molecule has 0 aromatic heterocycles. The zero-order valence-electron chi connectivity index (χ0n) is 7.94. The van der Waals surface area contributed by atoms with Gasteiger partial charge in [-0.15, -0.1) is 0 Å². The van der Waals surface area contributed by atoms with Crippen LogP contribution in [0.4, 0.5) is 0 Å². The number of hydrogen-bond donors (Lipinski definition) is 3. The van der Waals surface area contributed by atoms with E-state index in [9.17, 15) is 9.90 Å². The second-order valence-electron chi connectivity index (χ2n) is 3.06. The van der Waals surface area contributed by atoms with E-state index in [2.05, 4.69) is 10.3 Å². The van der Waals surface area contributed by atoms with E-state index >= 15 is 0 Å². The molecule has 78 valence electrons. The highest BCUT2D eigenvalue weighted by atomic mass is 32.2. The topological polar surface area (TPSA) is 81.9 Å². The number of nitrogens with one attached hydrogen (secondary N) is 1. The summed E-state index contributed by atoms with van der Waals surface area (Å²) in [6, 6.07) is 0. The van der Waals surface area contributed by atoms with Gasteiger partial charge in [-0.1, -0.05) is 11.8 Å². The molecule has 0 aromatic carbocycles. The second-order valence-corrected chi connectivity index (χ2v) is 3.86. The van der Waals surface area contributed by atoms with Crippen LogP contribution in [0.25, 0.3) is 0 Å². The van der Waals surface area contributed by atoms with E-state index < -0.39 is 11.7 Å². The first-order valence-corrected chi connectivity index (χ1v) is 5.22. The van der Waals surface area contributed by atoms with E-state index in [-0.39, 0.29) is 6.42 Å². The molecule has 0 saturated heterocycles. The normalized spacial score (nSPS) is 26.2. The average Bonchev–Trinajstić information content (AvgIpc) is 2.07. The van der Waals surface area contributed by atoms with Crippen molar-refractivity contribution in [3.63, 3.8) is 0 Å². The van der Waals surface area contributed by atoms with Crippen LogP contribution in [0.1, 0.15) is 13.3 Å². The van der Waals surface area contributed by atoms with Crippen LogP contribution in [0, 0.1) is 0 Å². The Morgan fingerprint density at radius 1 is 1.79 bits per heavy atom. The van der Waals surface area contributed by atoms with Crippen molar-refractivity contribution in [1.29, 1.82) is 0 Å². The van der Waals surface area contributed by atoms with E-state index in [4.69, 9.17) is 5.11 Å². The molecule has 0 amide bonds. The average molecular weight is 216 g/mol.